The predicted octanol–water partition coefficient (Wildman–Crippen LogP) is 3.73. The topological polar surface area (TPSA) is 37.4 Å². The lowest BCUT2D eigenvalue weighted by molar-refractivity contribution is 0.409. The Bertz CT molecular complexity index is 790. The SMILES string of the molecule is O=S(=O)(c1ccc(Br)cc1)N1CCCc2ccc(F)cc2C1. The van der Waals surface area contributed by atoms with E-state index in [1.165, 1.54) is 16.4 Å². The fourth-order valence-electron chi connectivity index (χ4n) is 2.66. The third-order valence-corrected chi connectivity index (χ3v) is 6.21. The zero-order chi connectivity index (χ0) is 15.7. The maximum atomic E-state index is 13.4. The highest BCUT2D eigenvalue weighted by Gasteiger charge is 2.27. The standard InChI is InChI=1S/C16H15BrFNO2S/c17-14-4-7-16(8-5-14)22(20,21)19-9-1-2-12-3-6-15(18)10-13(12)11-19/h3-8,10H,1-2,9,11H2. The molecule has 0 saturated heterocycles. The van der Waals surface area contributed by atoms with Gasteiger partial charge in [-0.05, 0) is 60.4 Å². The number of aryl methyl sites for hydroxylation is 1. The molecule has 3 rings (SSSR count). The zero-order valence-corrected chi connectivity index (χ0v) is 14.2. The Balaban J connectivity index is 1.96. The van der Waals surface area contributed by atoms with Gasteiger partial charge in [0, 0.05) is 17.6 Å². The summed E-state index contributed by atoms with van der Waals surface area (Å²) >= 11 is 3.30. The monoisotopic (exact) mass is 383 g/mol. The average Bonchev–Trinajstić information content (AvgIpc) is 2.70. The first-order valence-electron chi connectivity index (χ1n) is 7.00. The van der Waals surface area contributed by atoms with Gasteiger partial charge in [-0.3, -0.25) is 0 Å². The van der Waals surface area contributed by atoms with Crippen molar-refractivity contribution in [2.24, 2.45) is 0 Å². The number of hydrogen-bond acceptors (Lipinski definition) is 2. The molecule has 0 saturated carbocycles. The van der Waals surface area contributed by atoms with Crippen molar-refractivity contribution in [1.82, 2.24) is 4.31 Å². The van der Waals surface area contributed by atoms with Gasteiger partial charge in [-0.15, -0.1) is 0 Å². The molecule has 1 heterocycles. The van der Waals surface area contributed by atoms with Gasteiger partial charge in [0.2, 0.25) is 10.0 Å². The fourth-order valence-corrected chi connectivity index (χ4v) is 4.38. The van der Waals surface area contributed by atoms with Crippen LogP contribution in [-0.4, -0.2) is 19.3 Å². The summed E-state index contributed by atoms with van der Waals surface area (Å²) in [7, 11) is -3.57. The molecule has 3 nitrogen and oxygen atoms in total. The molecule has 6 heteroatoms. The predicted molar refractivity (Wildman–Crippen MR) is 86.5 cm³/mol. The van der Waals surface area contributed by atoms with E-state index < -0.39 is 10.0 Å². The number of rotatable bonds is 2. The number of sulfonamides is 1. The van der Waals surface area contributed by atoms with E-state index in [0.717, 1.165) is 28.4 Å². The molecule has 0 amide bonds. The molecule has 0 unspecified atom stereocenters. The van der Waals surface area contributed by atoms with Crippen molar-refractivity contribution in [3.05, 3.63) is 63.9 Å². The van der Waals surface area contributed by atoms with Gasteiger partial charge in [-0.2, -0.15) is 4.31 Å². The van der Waals surface area contributed by atoms with Crippen molar-refractivity contribution in [3.63, 3.8) is 0 Å². The van der Waals surface area contributed by atoms with Crippen molar-refractivity contribution >= 4 is 26.0 Å². The number of halogens is 2. The zero-order valence-electron chi connectivity index (χ0n) is 11.8. The third-order valence-electron chi connectivity index (χ3n) is 3.82. The van der Waals surface area contributed by atoms with E-state index >= 15 is 0 Å². The Labute approximate surface area is 137 Å². The summed E-state index contributed by atoms with van der Waals surface area (Å²) in [6, 6.07) is 11.2. The minimum absolute atomic E-state index is 0.214. The lowest BCUT2D eigenvalue weighted by atomic mass is 10.0. The van der Waals surface area contributed by atoms with Crippen LogP contribution in [0.25, 0.3) is 0 Å². The smallest absolute Gasteiger partial charge is 0.207 e. The summed E-state index contributed by atoms with van der Waals surface area (Å²) < 4.78 is 41.2. The Kier molecular flexibility index (Phi) is 4.34. The Hall–Kier alpha value is -1.24. The third kappa shape index (κ3) is 3.09. The molecule has 116 valence electrons. The molecule has 2 aromatic rings. The first-order chi connectivity index (χ1) is 10.5. The number of hydrogen-bond donors (Lipinski definition) is 0. The van der Waals surface area contributed by atoms with Crippen LogP contribution in [0, 0.1) is 5.82 Å². The van der Waals surface area contributed by atoms with Gasteiger partial charge in [0.15, 0.2) is 0 Å². The van der Waals surface area contributed by atoms with Crippen LogP contribution in [0.4, 0.5) is 4.39 Å². The maximum absolute atomic E-state index is 13.4. The highest BCUT2D eigenvalue weighted by atomic mass is 79.9. The molecule has 0 atom stereocenters. The molecule has 1 aliphatic rings. The van der Waals surface area contributed by atoms with E-state index in [4.69, 9.17) is 0 Å². The second-order valence-corrected chi connectivity index (χ2v) is 8.16. The van der Waals surface area contributed by atoms with Crippen LogP contribution in [0.15, 0.2) is 51.8 Å². The number of fused-ring (bicyclic) bond motifs is 1. The van der Waals surface area contributed by atoms with Crippen LogP contribution < -0.4 is 0 Å². The fraction of sp³-hybridized carbons (Fsp3) is 0.250. The van der Waals surface area contributed by atoms with E-state index in [9.17, 15) is 12.8 Å². The van der Waals surface area contributed by atoms with Crippen molar-refractivity contribution in [1.29, 1.82) is 0 Å². The summed E-state index contributed by atoms with van der Waals surface area (Å²) in [5.74, 6) is -0.332. The Morgan fingerprint density at radius 2 is 1.77 bits per heavy atom. The van der Waals surface area contributed by atoms with E-state index in [-0.39, 0.29) is 17.3 Å². The normalized spacial score (nSPS) is 16.1. The van der Waals surface area contributed by atoms with E-state index in [1.54, 1.807) is 30.3 Å². The quantitative estimate of drug-likeness (QED) is 0.792. The molecule has 0 N–H and O–H groups in total. The molecule has 0 fully saturated rings. The summed E-state index contributed by atoms with van der Waals surface area (Å²) in [6.07, 6.45) is 1.50. The Morgan fingerprint density at radius 3 is 2.50 bits per heavy atom. The summed E-state index contributed by atoms with van der Waals surface area (Å²) in [4.78, 5) is 0.260. The molecular weight excluding hydrogens is 369 g/mol. The second kappa shape index (κ2) is 6.10. The summed E-state index contributed by atoms with van der Waals surface area (Å²) in [5, 5.41) is 0. The van der Waals surface area contributed by atoms with E-state index in [1.807, 2.05) is 0 Å². The van der Waals surface area contributed by atoms with E-state index in [2.05, 4.69) is 15.9 Å². The van der Waals surface area contributed by atoms with Crippen LogP contribution in [-0.2, 0) is 23.0 Å². The highest BCUT2D eigenvalue weighted by molar-refractivity contribution is 9.10. The lowest BCUT2D eigenvalue weighted by Crippen LogP contribution is -2.30. The van der Waals surface area contributed by atoms with Gasteiger partial charge >= 0.3 is 0 Å². The number of nitrogens with zero attached hydrogens (tertiary/aromatic N) is 1. The second-order valence-electron chi connectivity index (χ2n) is 5.31. The van der Waals surface area contributed by atoms with Gasteiger partial charge in [-0.1, -0.05) is 22.0 Å². The van der Waals surface area contributed by atoms with Gasteiger partial charge in [0.05, 0.1) is 4.90 Å². The molecular formula is C16H15BrFNO2S. The van der Waals surface area contributed by atoms with Crippen LogP contribution in [0.5, 0.6) is 0 Å². The van der Waals surface area contributed by atoms with E-state index in [0.29, 0.717) is 6.54 Å². The van der Waals surface area contributed by atoms with Crippen molar-refractivity contribution in [2.75, 3.05) is 6.54 Å². The highest BCUT2D eigenvalue weighted by Crippen LogP contribution is 2.25. The van der Waals surface area contributed by atoms with Crippen molar-refractivity contribution < 1.29 is 12.8 Å². The van der Waals surface area contributed by atoms with Gasteiger partial charge in [-0.25, -0.2) is 12.8 Å². The van der Waals surface area contributed by atoms with Crippen LogP contribution in [0.1, 0.15) is 17.5 Å². The molecule has 0 aromatic heterocycles. The molecule has 0 bridgehead atoms. The minimum atomic E-state index is -3.57. The molecule has 0 aliphatic carbocycles. The molecule has 0 radical (unpaired) electrons. The van der Waals surface area contributed by atoms with Crippen LogP contribution >= 0.6 is 15.9 Å². The van der Waals surface area contributed by atoms with Crippen molar-refractivity contribution in [2.45, 2.75) is 24.3 Å². The van der Waals surface area contributed by atoms with Gasteiger partial charge in [0.25, 0.3) is 0 Å². The lowest BCUT2D eigenvalue weighted by Gasteiger charge is -2.20. The summed E-state index contributed by atoms with van der Waals surface area (Å²) in [6.45, 7) is 0.653. The minimum Gasteiger partial charge on any atom is -0.207 e. The van der Waals surface area contributed by atoms with Gasteiger partial charge in [0.1, 0.15) is 5.82 Å². The van der Waals surface area contributed by atoms with Crippen molar-refractivity contribution in [3.8, 4) is 0 Å². The van der Waals surface area contributed by atoms with Crippen LogP contribution in [0.2, 0.25) is 0 Å². The first-order valence-corrected chi connectivity index (χ1v) is 9.23. The molecule has 22 heavy (non-hydrogen) atoms. The molecule has 1 aliphatic heterocycles. The first kappa shape index (κ1) is 15.6. The van der Waals surface area contributed by atoms with Crippen LogP contribution in [0.3, 0.4) is 0 Å². The number of benzene rings is 2. The largest absolute Gasteiger partial charge is 0.243 e. The maximum Gasteiger partial charge on any atom is 0.243 e. The summed E-state index contributed by atoms with van der Waals surface area (Å²) in [5.41, 5.74) is 1.77. The molecule has 0 spiro atoms. The average molecular weight is 384 g/mol. The Morgan fingerprint density at radius 1 is 1.05 bits per heavy atom. The van der Waals surface area contributed by atoms with Gasteiger partial charge < -0.3 is 0 Å². The molecule has 2 aromatic carbocycles.